The van der Waals surface area contributed by atoms with Gasteiger partial charge in [0.25, 0.3) is 0 Å². The molecule has 0 spiro atoms. The van der Waals surface area contributed by atoms with E-state index in [-0.39, 0.29) is 0 Å². The van der Waals surface area contributed by atoms with Crippen LogP contribution in [0, 0.1) is 0 Å². The Hall–Kier alpha value is -0.780. The lowest BCUT2D eigenvalue weighted by molar-refractivity contribution is 0.602. The van der Waals surface area contributed by atoms with Crippen molar-refractivity contribution in [3.05, 3.63) is 16.8 Å². The molecule has 0 saturated carbocycles. The van der Waals surface area contributed by atoms with Crippen LogP contribution in [0.2, 0.25) is 0 Å². The second-order valence-electron chi connectivity index (χ2n) is 1.21. The molecule has 1 rings (SSSR count). The van der Waals surface area contributed by atoms with Crippen molar-refractivity contribution in [2.75, 3.05) is 6.01 Å². The van der Waals surface area contributed by atoms with E-state index in [9.17, 15) is 9.18 Å². The fourth-order valence-electron chi connectivity index (χ4n) is 0.382. The normalized spacial score (nSPS) is 9.89. The standard InChI is InChI=1S/C3H4FN3OS/c4-1-9-7-3(8)5-2-6-7/h2H,1H2,(H,5,6,8). The number of hydrogen-bond acceptors (Lipinski definition) is 3. The van der Waals surface area contributed by atoms with Crippen LogP contribution in [0.3, 0.4) is 0 Å². The van der Waals surface area contributed by atoms with E-state index in [1.165, 1.54) is 6.33 Å². The van der Waals surface area contributed by atoms with Gasteiger partial charge in [-0.05, 0) is 0 Å². The number of aromatic amines is 1. The largest absolute Gasteiger partial charge is 0.353 e. The van der Waals surface area contributed by atoms with Crippen molar-refractivity contribution in [2.45, 2.75) is 0 Å². The van der Waals surface area contributed by atoms with E-state index >= 15 is 0 Å². The summed E-state index contributed by atoms with van der Waals surface area (Å²) in [4.78, 5) is 12.7. The number of nitrogens with one attached hydrogen (secondary N) is 1. The highest BCUT2D eigenvalue weighted by atomic mass is 32.2. The highest BCUT2D eigenvalue weighted by Gasteiger charge is 1.94. The SMILES string of the molecule is O=c1[nH]cnn1SCF. The van der Waals surface area contributed by atoms with Gasteiger partial charge in [0.1, 0.15) is 6.33 Å². The average molecular weight is 149 g/mol. The average Bonchev–Trinajstić information content (AvgIpc) is 2.18. The summed E-state index contributed by atoms with van der Waals surface area (Å²) in [5.41, 5.74) is -0.405. The van der Waals surface area contributed by atoms with E-state index in [0.717, 1.165) is 4.09 Å². The van der Waals surface area contributed by atoms with Gasteiger partial charge in [0.15, 0.2) is 6.01 Å². The number of rotatable bonds is 2. The molecule has 9 heavy (non-hydrogen) atoms. The maximum Gasteiger partial charge on any atom is 0.353 e. The van der Waals surface area contributed by atoms with E-state index in [1.807, 2.05) is 0 Å². The number of hydrogen-bond donors (Lipinski definition) is 1. The molecule has 1 aromatic rings. The lowest BCUT2D eigenvalue weighted by Crippen LogP contribution is -2.11. The molecule has 1 heterocycles. The molecule has 0 radical (unpaired) electrons. The van der Waals surface area contributed by atoms with Crippen molar-refractivity contribution in [3.8, 4) is 0 Å². The summed E-state index contributed by atoms with van der Waals surface area (Å²) in [5, 5.41) is 3.48. The zero-order valence-corrected chi connectivity index (χ0v) is 5.19. The lowest BCUT2D eigenvalue weighted by atomic mass is 11.3. The first kappa shape index (κ1) is 6.34. The Labute approximate surface area is 54.2 Å². The zero-order chi connectivity index (χ0) is 6.69. The van der Waals surface area contributed by atoms with Crippen LogP contribution in [0.15, 0.2) is 11.1 Å². The van der Waals surface area contributed by atoms with Crippen LogP contribution >= 0.6 is 11.9 Å². The third kappa shape index (κ3) is 1.32. The van der Waals surface area contributed by atoms with Crippen molar-refractivity contribution in [2.24, 2.45) is 0 Å². The van der Waals surface area contributed by atoms with E-state index < -0.39 is 11.7 Å². The van der Waals surface area contributed by atoms with Crippen molar-refractivity contribution in [1.82, 2.24) is 14.2 Å². The van der Waals surface area contributed by atoms with E-state index in [2.05, 4.69) is 10.1 Å². The van der Waals surface area contributed by atoms with Gasteiger partial charge in [-0.2, -0.15) is 0 Å². The molecular weight excluding hydrogens is 145 g/mol. The Morgan fingerprint density at radius 1 is 2.00 bits per heavy atom. The summed E-state index contributed by atoms with van der Waals surface area (Å²) in [6, 6.07) is -0.648. The fraction of sp³-hybridized carbons (Fsp3) is 0.333. The van der Waals surface area contributed by atoms with Gasteiger partial charge in [-0.25, -0.2) is 9.18 Å². The molecule has 0 aliphatic heterocycles. The van der Waals surface area contributed by atoms with Gasteiger partial charge in [-0.3, -0.25) is 4.98 Å². The number of nitrogens with zero attached hydrogens (tertiary/aromatic N) is 2. The molecule has 0 aliphatic rings. The minimum absolute atomic E-state index is 0.405. The van der Waals surface area contributed by atoms with Gasteiger partial charge >= 0.3 is 5.69 Å². The van der Waals surface area contributed by atoms with Crippen LogP contribution in [-0.2, 0) is 0 Å². The van der Waals surface area contributed by atoms with Gasteiger partial charge in [-0.15, -0.1) is 9.19 Å². The van der Waals surface area contributed by atoms with Crippen LogP contribution in [0.25, 0.3) is 0 Å². The van der Waals surface area contributed by atoms with Crippen molar-refractivity contribution in [1.29, 1.82) is 0 Å². The predicted octanol–water partition coefficient (Wildman–Crippen LogP) is -0.00530. The van der Waals surface area contributed by atoms with Gasteiger partial charge in [0.05, 0.1) is 0 Å². The third-order valence-electron chi connectivity index (χ3n) is 0.695. The minimum Gasteiger partial charge on any atom is -0.295 e. The van der Waals surface area contributed by atoms with Crippen LogP contribution in [0.4, 0.5) is 4.39 Å². The summed E-state index contributed by atoms with van der Waals surface area (Å²) in [6.45, 7) is 0. The lowest BCUT2D eigenvalue weighted by Gasteiger charge is -1.86. The monoisotopic (exact) mass is 149 g/mol. The van der Waals surface area contributed by atoms with Crippen molar-refractivity contribution >= 4 is 11.9 Å². The molecule has 0 fully saturated rings. The topological polar surface area (TPSA) is 50.7 Å². The fourth-order valence-corrected chi connectivity index (χ4v) is 0.759. The first-order valence-corrected chi connectivity index (χ1v) is 3.11. The van der Waals surface area contributed by atoms with Crippen molar-refractivity contribution < 1.29 is 4.39 Å². The van der Waals surface area contributed by atoms with Gasteiger partial charge in [0, 0.05) is 11.9 Å². The Kier molecular flexibility index (Phi) is 1.88. The summed E-state index contributed by atoms with van der Waals surface area (Å²) in [5.74, 6) is 0. The molecule has 1 N–H and O–H groups in total. The van der Waals surface area contributed by atoms with Crippen LogP contribution in [0.5, 0.6) is 0 Å². The van der Waals surface area contributed by atoms with E-state index in [4.69, 9.17) is 0 Å². The molecule has 0 saturated heterocycles. The van der Waals surface area contributed by atoms with E-state index in [0.29, 0.717) is 11.9 Å². The summed E-state index contributed by atoms with van der Waals surface area (Å²) in [7, 11) is 0. The number of halogens is 1. The molecule has 6 heteroatoms. The Balaban J connectivity index is 2.81. The summed E-state index contributed by atoms with van der Waals surface area (Å²) < 4.78 is 12.4. The molecule has 50 valence electrons. The second kappa shape index (κ2) is 2.67. The van der Waals surface area contributed by atoms with E-state index in [1.54, 1.807) is 0 Å². The first-order chi connectivity index (χ1) is 4.34. The molecule has 1 aromatic heterocycles. The summed E-state index contributed by atoms with van der Waals surface area (Å²) in [6.07, 6.45) is 1.21. The molecule has 0 atom stereocenters. The number of aromatic nitrogens is 3. The Morgan fingerprint density at radius 3 is 3.22 bits per heavy atom. The van der Waals surface area contributed by atoms with Crippen LogP contribution in [0.1, 0.15) is 0 Å². The first-order valence-electron chi connectivity index (χ1n) is 2.16. The molecule has 0 amide bonds. The predicted molar refractivity (Wildman–Crippen MR) is 31.8 cm³/mol. The Bertz CT molecular complexity index is 231. The number of alkyl halides is 1. The molecule has 0 unspecified atom stereocenters. The summed E-state index contributed by atoms with van der Waals surface area (Å²) >= 11 is 0.704. The molecule has 0 bridgehead atoms. The molecule has 4 nitrogen and oxygen atoms in total. The van der Waals surface area contributed by atoms with Crippen LogP contribution in [-0.4, -0.2) is 20.2 Å². The Morgan fingerprint density at radius 2 is 2.78 bits per heavy atom. The zero-order valence-electron chi connectivity index (χ0n) is 4.37. The maximum atomic E-state index is 11.5. The number of H-pyrrole nitrogens is 1. The highest BCUT2D eigenvalue weighted by Crippen LogP contribution is 1.96. The quantitative estimate of drug-likeness (QED) is 0.643. The highest BCUT2D eigenvalue weighted by molar-refractivity contribution is 7.97. The molecule has 0 aromatic carbocycles. The van der Waals surface area contributed by atoms with Gasteiger partial charge in [0.2, 0.25) is 0 Å². The second-order valence-corrected chi connectivity index (χ2v) is 2.03. The van der Waals surface area contributed by atoms with Crippen molar-refractivity contribution in [3.63, 3.8) is 0 Å². The van der Waals surface area contributed by atoms with Crippen LogP contribution < -0.4 is 5.69 Å². The van der Waals surface area contributed by atoms with Gasteiger partial charge in [-0.1, -0.05) is 0 Å². The third-order valence-corrected chi connectivity index (χ3v) is 1.30. The smallest absolute Gasteiger partial charge is 0.295 e. The molecular formula is C3H4FN3OS. The van der Waals surface area contributed by atoms with Gasteiger partial charge < -0.3 is 0 Å². The maximum absolute atomic E-state index is 11.5. The minimum atomic E-state index is -0.648. The molecule has 0 aliphatic carbocycles.